The fraction of sp³-hybridized carbons (Fsp3) is 0.200. The highest BCUT2D eigenvalue weighted by Gasteiger charge is 2.15. The van der Waals surface area contributed by atoms with Gasteiger partial charge in [-0.05, 0) is 30.3 Å². The molecule has 0 spiro atoms. The zero-order valence-electron chi connectivity index (χ0n) is 10.8. The second-order valence-electron chi connectivity index (χ2n) is 4.51. The van der Waals surface area contributed by atoms with E-state index in [1.807, 2.05) is 24.3 Å². The van der Waals surface area contributed by atoms with Crippen LogP contribution in [0, 0.1) is 0 Å². The average molecular weight is 291 g/mol. The molecule has 0 bridgehead atoms. The Morgan fingerprint density at radius 3 is 2.80 bits per heavy atom. The maximum absolute atomic E-state index is 10.9. The third-order valence-corrected chi connectivity index (χ3v) is 3.47. The summed E-state index contributed by atoms with van der Waals surface area (Å²) >= 11 is 6.21. The molecule has 1 atom stereocenters. The normalized spacial score (nSPS) is 12.1. The first-order valence-electron chi connectivity index (χ1n) is 6.23. The molecule has 0 radical (unpaired) electrons. The summed E-state index contributed by atoms with van der Waals surface area (Å²) in [5, 5.41) is 9.53. The molecular weight excluding hydrogens is 276 g/mol. The Labute approximate surface area is 122 Å². The van der Waals surface area contributed by atoms with Gasteiger partial charge in [0, 0.05) is 34.5 Å². The first kappa shape index (κ1) is 14.5. The van der Waals surface area contributed by atoms with E-state index in [4.69, 9.17) is 22.4 Å². The minimum atomic E-state index is -0.863. The van der Waals surface area contributed by atoms with Gasteiger partial charge in [-0.1, -0.05) is 23.7 Å². The fourth-order valence-electron chi connectivity index (χ4n) is 2.09. The Morgan fingerprint density at radius 1 is 1.40 bits per heavy atom. The van der Waals surface area contributed by atoms with Crippen LogP contribution in [0.5, 0.6) is 0 Å². The topological polar surface area (TPSA) is 76.2 Å². The van der Waals surface area contributed by atoms with E-state index in [2.05, 4.69) is 4.98 Å². The van der Waals surface area contributed by atoms with Gasteiger partial charge in [0.15, 0.2) is 0 Å². The summed E-state index contributed by atoms with van der Waals surface area (Å²) < 4.78 is 0. The standard InChI is InChI=1S/C15H15ClN2O2/c16-14-4-3-10(12(8-17)7-15(19)20)6-13(14)11-2-1-5-18-9-11/h1-6,9,12H,7-8,17H2,(H,19,20)/t12-/m1/s1. The molecule has 20 heavy (non-hydrogen) atoms. The van der Waals surface area contributed by atoms with Crippen LogP contribution in [-0.4, -0.2) is 22.6 Å². The summed E-state index contributed by atoms with van der Waals surface area (Å²) in [6.45, 7) is 0.278. The molecule has 0 unspecified atom stereocenters. The zero-order valence-corrected chi connectivity index (χ0v) is 11.5. The van der Waals surface area contributed by atoms with Gasteiger partial charge in [-0.15, -0.1) is 0 Å². The largest absolute Gasteiger partial charge is 0.481 e. The molecule has 5 heteroatoms. The van der Waals surface area contributed by atoms with E-state index in [0.717, 1.165) is 16.7 Å². The van der Waals surface area contributed by atoms with Gasteiger partial charge in [0.2, 0.25) is 0 Å². The highest BCUT2D eigenvalue weighted by atomic mass is 35.5. The van der Waals surface area contributed by atoms with Crippen molar-refractivity contribution in [3.8, 4) is 11.1 Å². The van der Waals surface area contributed by atoms with Crippen LogP contribution in [0.4, 0.5) is 0 Å². The number of aliphatic carboxylic acids is 1. The second-order valence-corrected chi connectivity index (χ2v) is 4.92. The molecule has 0 saturated carbocycles. The number of hydrogen-bond acceptors (Lipinski definition) is 3. The summed E-state index contributed by atoms with van der Waals surface area (Å²) in [5.74, 6) is -1.08. The van der Waals surface area contributed by atoms with Crippen molar-refractivity contribution < 1.29 is 9.90 Å². The van der Waals surface area contributed by atoms with E-state index in [1.54, 1.807) is 18.5 Å². The van der Waals surface area contributed by atoms with Crippen LogP contribution in [0.15, 0.2) is 42.7 Å². The smallest absolute Gasteiger partial charge is 0.304 e. The monoisotopic (exact) mass is 290 g/mol. The highest BCUT2D eigenvalue weighted by molar-refractivity contribution is 6.33. The minimum absolute atomic E-state index is 0.00458. The van der Waals surface area contributed by atoms with Crippen molar-refractivity contribution >= 4 is 17.6 Å². The molecule has 3 N–H and O–H groups in total. The molecule has 0 fully saturated rings. The maximum atomic E-state index is 10.9. The summed E-state index contributed by atoms with van der Waals surface area (Å²) in [4.78, 5) is 14.9. The number of halogens is 1. The lowest BCUT2D eigenvalue weighted by Crippen LogP contribution is -2.16. The molecule has 1 heterocycles. The summed E-state index contributed by atoms with van der Waals surface area (Å²) in [7, 11) is 0. The highest BCUT2D eigenvalue weighted by Crippen LogP contribution is 2.31. The lowest BCUT2D eigenvalue weighted by molar-refractivity contribution is -0.137. The number of pyridine rings is 1. The summed E-state index contributed by atoms with van der Waals surface area (Å²) in [5.41, 5.74) is 8.27. The first-order valence-corrected chi connectivity index (χ1v) is 6.61. The number of nitrogens with zero attached hydrogens (tertiary/aromatic N) is 1. The van der Waals surface area contributed by atoms with Gasteiger partial charge in [0.05, 0.1) is 6.42 Å². The predicted molar refractivity (Wildman–Crippen MR) is 78.7 cm³/mol. The molecule has 2 aromatic rings. The molecule has 0 aliphatic heterocycles. The molecule has 0 amide bonds. The van der Waals surface area contributed by atoms with E-state index in [0.29, 0.717) is 5.02 Å². The van der Waals surface area contributed by atoms with Crippen LogP contribution in [0.25, 0.3) is 11.1 Å². The quantitative estimate of drug-likeness (QED) is 0.888. The molecule has 1 aromatic carbocycles. The molecular formula is C15H15ClN2O2. The predicted octanol–water partition coefficient (Wildman–Crippen LogP) is 2.92. The van der Waals surface area contributed by atoms with Crippen LogP contribution < -0.4 is 5.73 Å². The Balaban J connectivity index is 2.40. The fourth-order valence-corrected chi connectivity index (χ4v) is 2.31. The molecule has 0 saturated heterocycles. The van der Waals surface area contributed by atoms with Gasteiger partial charge < -0.3 is 10.8 Å². The molecule has 104 valence electrons. The molecule has 4 nitrogen and oxygen atoms in total. The van der Waals surface area contributed by atoms with Crippen molar-refractivity contribution in [2.45, 2.75) is 12.3 Å². The van der Waals surface area contributed by atoms with Gasteiger partial charge in [-0.2, -0.15) is 0 Å². The van der Waals surface area contributed by atoms with Gasteiger partial charge >= 0.3 is 5.97 Å². The maximum Gasteiger partial charge on any atom is 0.304 e. The van der Waals surface area contributed by atoms with Crippen molar-refractivity contribution in [2.75, 3.05) is 6.54 Å². The lowest BCUT2D eigenvalue weighted by atomic mass is 9.93. The van der Waals surface area contributed by atoms with E-state index < -0.39 is 5.97 Å². The van der Waals surface area contributed by atoms with Crippen LogP contribution in [0.1, 0.15) is 17.9 Å². The van der Waals surface area contributed by atoms with Crippen LogP contribution >= 0.6 is 11.6 Å². The van der Waals surface area contributed by atoms with Gasteiger partial charge in [0.1, 0.15) is 0 Å². The number of carbonyl (C=O) groups is 1. The number of aromatic nitrogens is 1. The van der Waals surface area contributed by atoms with Gasteiger partial charge in [-0.3, -0.25) is 9.78 Å². The third-order valence-electron chi connectivity index (χ3n) is 3.14. The molecule has 1 aromatic heterocycles. The van der Waals surface area contributed by atoms with Crippen molar-refractivity contribution in [3.63, 3.8) is 0 Å². The van der Waals surface area contributed by atoms with Crippen LogP contribution in [0.3, 0.4) is 0 Å². The number of hydrogen-bond donors (Lipinski definition) is 2. The van der Waals surface area contributed by atoms with Gasteiger partial charge in [-0.25, -0.2) is 0 Å². The van der Waals surface area contributed by atoms with Crippen LogP contribution in [0.2, 0.25) is 5.02 Å². The van der Waals surface area contributed by atoms with E-state index in [9.17, 15) is 4.79 Å². The molecule has 0 aliphatic rings. The molecule has 0 aliphatic carbocycles. The van der Waals surface area contributed by atoms with E-state index >= 15 is 0 Å². The van der Waals surface area contributed by atoms with Crippen molar-refractivity contribution in [2.24, 2.45) is 5.73 Å². The van der Waals surface area contributed by atoms with Crippen molar-refractivity contribution in [1.82, 2.24) is 4.98 Å². The van der Waals surface area contributed by atoms with Crippen molar-refractivity contribution in [1.29, 1.82) is 0 Å². The Morgan fingerprint density at radius 2 is 2.20 bits per heavy atom. The summed E-state index contributed by atoms with van der Waals surface area (Å²) in [6, 6.07) is 9.22. The zero-order chi connectivity index (χ0) is 14.5. The Bertz CT molecular complexity index is 602. The average Bonchev–Trinajstić information content (AvgIpc) is 2.46. The molecule has 2 rings (SSSR count). The van der Waals surface area contributed by atoms with E-state index in [1.165, 1.54) is 0 Å². The van der Waals surface area contributed by atoms with Gasteiger partial charge in [0.25, 0.3) is 0 Å². The number of carboxylic acid groups (broad SMARTS) is 1. The lowest BCUT2D eigenvalue weighted by Gasteiger charge is -2.15. The summed E-state index contributed by atoms with van der Waals surface area (Å²) in [6.07, 6.45) is 3.42. The van der Waals surface area contributed by atoms with Crippen molar-refractivity contribution in [3.05, 3.63) is 53.3 Å². The minimum Gasteiger partial charge on any atom is -0.481 e. The second kappa shape index (κ2) is 6.50. The number of nitrogens with two attached hydrogens (primary N) is 1. The third kappa shape index (κ3) is 3.35. The SMILES string of the molecule is NC[C@@H](CC(=O)O)c1ccc(Cl)c(-c2cccnc2)c1. The first-order chi connectivity index (χ1) is 9.61. The van der Waals surface area contributed by atoms with Crippen LogP contribution in [-0.2, 0) is 4.79 Å². The Hall–Kier alpha value is -1.91. The number of rotatable bonds is 5. The number of carboxylic acids is 1. The Kier molecular flexibility index (Phi) is 4.71. The number of benzene rings is 1. The van der Waals surface area contributed by atoms with E-state index in [-0.39, 0.29) is 18.9 Å².